The monoisotopic (exact) mass is 397 g/mol. The molecule has 0 saturated heterocycles. The number of carboxylic acids is 1. The maximum atomic E-state index is 11.3. The summed E-state index contributed by atoms with van der Waals surface area (Å²) in [5, 5.41) is 12.1. The summed E-state index contributed by atoms with van der Waals surface area (Å²) in [7, 11) is 0. The van der Waals surface area contributed by atoms with Gasteiger partial charge in [0, 0.05) is 14.5 Å². The minimum atomic E-state index is -1.02. The summed E-state index contributed by atoms with van der Waals surface area (Å²) in [6, 6.07) is 8.84. The van der Waals surface area contributed by atoms with E-state index in [9.17, 15) is 9.90 Å². The zero-order valence-corrected chi connectivity index (χ0v) is 13.0. The number of halogens is 1. The molecule has 0 spiro atoms. The predicted octanol–water partition coefficient (Wildman–Crippen LogP) is 4.39. The standard InChI is InChI=1S/C14H8INO3S/c15-8-1-2-11(10(7-8)14(17)18)19-13-9-4-6-20-12(9)3-5-16-13/h1-7H,(H,17,18). The van der Waals surface area contributed by atoms with Crippen molar-refractivity contribution in [1.82, 2.24) is 4.98 Å². The SMILES string of the molecule is O=C(O)c1cc(I)ccc1Oc1nccc2sccc12. The van der Waals surface area contributed by atoms with Crippen LogP contribution >= 0.6 is 33.9 Å². The molecule has 4 nitrogen and oxygen atoms in total. The Labute approximate surface area is 132 Å². The highest BCUT2D eigenvalue weighted by atomic mass is 127. The number of rotatable bonds is 3. The maximum absolute atomic E-state index is 11.3. The number of ether oxygens (including phenoxy) is 1. The molecule has 0 aliphatic carbocycles. The van der Waals surface area contributed by atoms with Crippen molar-refractivity contribution in [2.45, 2.75) is 0 Å². The van der Waals surface area contributed by atoms with E-state index >= 15 is 0 Å². The summed E-state index contributed by atoms with van der Waals surface area (Å²) in [5.74, 6) is -0.299. The second kappa shape index (κ2) is 5.37. The van der Waals surface area contributed by atoms with Crippen molar-refractivity contribution >= 4 is 50.0 Å². The summed E-state index contributed by atoms with van der Waals surface area (Å²) in [5.41, 5.74) is 0.130. The van der Waals surface area contributed by atoms with E-state index in [-0.39, 0.29) is 5.56 Å². The lowest BCUT2D eigenvalue weighted by atomic mass is 10.2. The van der Waals surface area contributed by atoms with Crippen LogP contribution < -0.4 is 4.74 Å². The molecular weight excluding hydrogens is 389 g/mol. The molecule has 6 heteroatoms. The van der Waals surface area contributed by atoms with Gasteiger partial charge in [-0.15, -0.1) is 11.3 Å². The van der Waals surface area contributed by atoms with E-state index in [1.165, 1.54) is 0 Å². The molecule has 0 radical (unpaired) electrons. The molecule has 1 aromatic carbocycles. The van der Waals surface area contributed by atoms with Crippen molar-refractivity contribution in [2.75, 3.05) is 0 Å². The van der Waals surface area contributed by atoms with E-state index in [1.807, 2.05) is 17.5 Å². The van der Waals surface area contributed by atoms with Crippen LogP contribution in [0.15, 0.2) is 41.9 Å². The summed E-state index contributed by atoms with van der Waals surface area (Å²) < 4.78 is 7.60. The van der Waals surface area contributed by atoms with Gasteiger partial charge < -0.3 is 9.84 Å². The third-order valence-corrected chi connectivity index (χ3v) is 4.28. The molecular formula is C14H8INO3S. The number of fused-ring (bicyclic) bond motifs is 1. The molecule has 0 amide bonds. The summed E-state index contributed by atoms with van der Waals surface area (Å²) in [4.78, 5) is 15.5. The van der Waals surface area contributed by atoms with Gasteiger partial charge in [0.15, 0.2) is 0 Å². The van der Waals surface area contributed by atoms with Crippen LogP contribution in [0.5, 0.6) is 11.6 Å². The van der Waals surface area contributed by atoms with Gasteiger partial charge in [0.05, 0.1) is 5.39 Å². The number of thiophene rings is 1. The number of carbonyl (C=O) groups is 1. The minimum absolute atomic E-state index is 0.130. The van der Waals surface area contributed by atoms with Gasteiger partial charge in [-0.3, -0.25) is 0 Å². The van der Waals surface area contributed by atoms with Crippen LogP contribution in [-0.4, -0.2) is 16.1 Å². The lowest BCUT2D eigenvalue weighted by Gasteiger charge is -2.09. The highest BCUT2D eigenvalue weighted by molar-refractivity contribution is 14.1. The number of hydrogen-bond donors (Lipinski definition) is 1. The first kappa shape index (κ1) is 13.3. The lowest BCUT2D eigenvalue weighted by molar-refractivity contribution is 0.0694. The molecule has 2 heterocycles. The molecule has 0 atom stereocenters. The number of pyridine rings is 1. The number of nitrogens with zero attached hydrogens (tertiary/aromatic N) is 1. The first-order valence-electron chi connectivity index (χ1n) is 5.68. The molecule has 3 rings (SSSR count). The quantitative estimate of drug-likeness (QED) is 0.666. The van der Waals surface area contributed by atoms with Crippen LogP contribution in [0.4, 0.5) is 0 Å². The Morgan fingerprint density at radius 2 is 2.15 bits per heavy atom. The Balaban J connectivity index is 2.07. The Kier molecular flexibility index (Phi) is 3.58. The van der Waals surface area contributed by atoms with Gasteiger partial charge in [0.2, 0.25) is 5.88 Å². The van der Waals surface area contributed by atoms with Gasteiger partial charge in [0.1, 0.15) is 11.3 Å². The fourth-order valence-corrected chi connectivity index (χ4v) is 3.08. The second-order valence-electron chi connectivity index (χ2n) is 4.00. The van der Waals surface area contributed by atoms with Crippen LogP contribution in [0.3, 0.4) is 0 Å². The highest BCUT2D eigenvalue weighted by Gasteiger charge is 2.14. The fraction of sp³-hybridized carbons (Fsp3) is 0. The normalized spacial score (nSPS) is 10.7. The molecule has 100 valence electrons. The van der Waals surface area contributed by atoms with Gasteiger partial charge >= 0.3 is 5.97 Å². The summed E-state index contributed by atoms with van der Waals surface area (Å²) >= 11 is 3.65. The molecule has 0 bridgehead atoms. The van der Waals surface area contributed by atoms with Crippen LogP contribution in [0.2, 0.25) is 0 Å². The number of benzene rings is 1. The number of aromatic carboxylic acids is 1. The lowest BCUT2D eigenvalue weighted by Crippen LogP contribution is -2.01. The third kappa shape index (κ3) is 2.48. The molecule has 3 aromatic rings. The molecule has 2 aromatic heterocycles. The minimum Gasteiger partial charge on any atom is -0.478 e. The van der Waals surface area contributed by atoms with Crippen LogP contribution in [0.1, 0.15) is 10.4 Å². The molecule has 1 N–H and O–H groups in total. The summed E-state index contributed by atoms with van der Waals surface area (Å²) in [6.07, 6.45) is 1.65. The molecule has 20 heavy (non-hydrogen) atoms. The smallest absolute Gasteiger partial charge is 0.339 e. The number of aromatic nitrogens is 1. The van der Waals surface area contributed by atoms with Crippen LogP contribution in [-0.2, 0) is 0 Å². The van der Waals surface area contributed by atoms with Crippen molar-refractivity contribution in [2.24, 2.45) is 0 Å². The van der Waals surface area contributed by atoms with Gasteiger partial charge in [0.25, 0.3) is 0 Å². The Morgan fingerprint density at radius 3 is 2.95 bits per heavy atom. The van der Waals surface area contributed by atoms with Crippen molar-refractivity contribution in [3.8, 4) is 11.6 Å². The molecule has 0 unspecified atom stereocenters. The van der Waals surface area contributed by atoms with Gasteiger partial charge in [-0.1, -0.05) is 0 Å². The van der Waals surface area contributed by atoms with E-state index < -0.39 is 5.97 Å². The molecule has 0 saturated carbocycles. The maximum Gasteiger partial charge on any atom is 0.339 e. The zero-order chi connectivity index (χ0) is 14.1. The largest absolute Gasteiger partial charge is 0.478 e. The topological polar surface area (TPSA) is 59.4 Å². The first-order chi connectivity index (χ1) is 9.65. The van der Waals surface area contributed by atoms with Crippen molar-refractivity contribution in [3.63, 3.8) is 0 Å². The van der Waals surface area contributed by atoms with Crippen LogP contribution in [0, 0.1) is 3.57 Å². The average Bonchev–Trinajstić information content (AvgIpc) is 2.90. The Hall–Kier alpha value is -1.67. The molecule has 0 fully saturated rings. The Bertz CT molecular complexity index is 800. The van der Waals surface area contributed by atoms with Gasteiger partial charge in [-0.25, -0.2) is 9.78 Å². The van der Waals surface area contributed by atoms with E-state index in [2.05, 4.69) is 27.6 Å². The third-order valence-electron chi connectivity index (χ3n) is 2.72. The number of hydrogen-bond acceptors (Lipinski definition) is 4. The van der Waals surface area contributed by atoms with E-state index in [0.29, 0.717) is 11.6 Å². The number of carboxylic acid groups (broad SMARTS) is 1. The second-order valence-corrected chi connectivity index (χ2v) is 6.19. The first-order valence-corrected chi connectivity index (χ1v) is 7.64. The molecule has 0 aliphatic heterocycles. The average molecular weight is 397 g/mol. The fourth-order valence-electron chi connectivity index (χ4n) is 1.81. The highest BCUT2D eigenvalue weighted by Crippen LogP contribution is 2.32. The van der Waals surface area contributed by atoms with E-state index in [1.54, 1.807) is 35.7 Å². The van der Waals surface area contributed by atoms with Gasteiger partial charge in [-0.05, 0) is 58.3 Å². The van der Waals surface area contributed by atoms with Crippen molar-refractivity contribution in [3.05, 3.63) is 51.0 Å². The summed E-state index contributed by atoms with van der Waals surface area (Å²) in [6.45, 7) is 0. The Morgan fingerprint density at radius 1 is 1.30 bits per heavy atom. The molecule has 0 aliphatic rings. The predicted molar refractivity (Wildman–Crippen MR) is 85.8 cm³/mol. The van der Waals surface area contributed by atoms with Crippen LogP contribution in [0.25, 0.3) is 10.1 Å². The van der Waals surface area contributed by atoms with Crippen molar-refractivity contribution in [1.29, 1.82) is 0 Å². The van der Waals surface area contributed by atoms with Gasteiger partial charge in [-0.2, -0.15) is 0 Å². The van der Waals surface area contributed by atoms with Crippen molar-refractivity contribution < 1.29 is 14.6 Å². The zero-order valence-electron chi connectivity index (χ0n) is 10.0. The van der Waals surface area contributed by atoms with E-state index in [4.69, 9.17) is 4.74 Å². The van der Waals surface area contributed by atoms with E-state index in [0.717, 1.165) is 13.7 Å².